The van der Waals surface area contributed by atoms with Crippen molar-refractivity contribution < 1.29 is 4.74 Å². The Hall–Kier alpha value is -0.930. The Morgan fingerprint density at radius 2 is 2.06 bits per heavy atom. The van der Waals surface area contributed by atoms with Gasteiger partial charge in [0.2, 0.25) is 0 Å². The van der Waals surface area contributed by atoms with Crippen molar-refractivity contribution in [2.45, 2.75) is 19.4 Å². The molecule has 0 aliphatic rings. The first kappa shape index (κ1) is 14.1. The Bertz CT molecular complexity index is 380. The molecule has 4 heteroatoms. The molecule has 0 unspecified atom stereocenters. The monoisotopic (exact) mass is 256 g/mol. The Balaban J connectivity index is 2.83. The van der Waals surface area contributed by atoms with Crippen molar-refractivity contribution >= 4 is 17.3 Å². The minimum Gasteiger partial charge on any atom is -0.495 e. The van der Waals surface area contributed by atoms with Crippen molar-refractivity contribution in [3.05, 3.63) is 23.2 Å². The molecule has 0 fully saturated rings. The van der Waals surface area contributed by atoms with Crippen molar-refractivity contribution in [1.29, 1.82) is 0 Å². The minimum atomic E-state index is 0.0567. The smallest absolute Gasteiger partial charge is 0.137 e. The maximum Gasteiger partial charge on any atom is 0.137 e. The summed E-state index contributed by atoms with van der Waals surface area (Å²) in [5.41, 5.74) is 1.14. The average molecular weight is 257 g/mol. The Labute approximate surface area is 109 Å². The highest BCUT2D eigenvalue weighted by Gasteiger charge is 2.18. The molecular weight excluding hydrogens is 236 g/mol. The van der Waals surface area contributed by atoms with Crippen molar-refractivity contribution in [2.75, 3.05) is 32.6 Å². The van der Waals surface area contributed by atoms with E-state index in [1.807, 2.05) is 25.2 Å². The van der Waals surface area contributed by atoms with Crippen LogP contribution in [0.25, 0.3) is 0 Å². The first-order valence-corrected chi connectivity index (χ1v) is 6.01. The molecule has 96 valence electrons. The van der Waals surface area contributed by atoms with Gasteiger partial charge in [0, 0.05) is 24.8 Å². The van der Waals surface area contributed by atoms with Gasteiger partial charge in [0.1, 0.15) is 5.75 Å². The van der Waals surface area contributed by atoms with E-state index in [1.165, 1.54) is 0 Å². The summed E-state index contributed by atoms with van der Waals surface area (Å²) in [6, 6.07) is 5.82. The van der Waals surface area contributed by atoms with Crippen LogP contribution in [-0.4, -0.2) is 33.3 Å². The molecule has 0 spiro atoms. The van der Waals surface area contributed by atoms with Gasteiger partial charge >= 0.3 is 0 Å². The number of methoxy groups -OCH3 is 1. The third-order valence-corrected chi connectivity index (χ3v) is 3.18. The fourth-order valence-electron chi connectivity index (χ4n) is 1.66. The maximum atomic E-state index is 6.11. The summed E-state index contributed by atoms with van der Waals surface area (Å²) in [5, 5.41) is 3.92. The molecule has 1 aromatic rings. The molecule has 0 aliphatic heterocycles. The van der Waals surface area contributed by atoms with Crippen LogP contribution in [0, 0.1) is 0 Å². The van der Waals surface area contributed by atoms with Crippen molar-refractivity contribution in [2.24, 2.45) is 0 Å². The van der Waals surface area contributed by atoms with E-state index in [2.05, 4.69) is 31.1 Å². The maximum absolute atomic E-state index is 6.11. The van der Waals surface area contributed by atoms with E-state index in [0.717, 1.165) is 12.2 Å². The van der Waals surface area contributed by atoms with Gasteiger partial charge in [0.05, 0.1) is 12.1 Å². The highest BCUT2D eigenvalue weighted by Crippen LogP contribution is 2.29. The van der Waals surface area contributed by atoms with Crippen LogP contribution in [-0.2, 0) is 0 Å². The van der Waals surface area contributed by atoms with E-state index in [0.29, 0.717) is 10.8 Å². The molecule has 1 aromatic carbocycles. The second kappa shape index (κ2) is 5.61. The number of halogens is 1. The van der Waals surface area contributed by atoms with Crippen LogP contribution < -0.4 is 15.0 Å². The first-order valence-electron chi connectivity index (χ1n) is 5.63. The zero-order chi connectivity index (χ0) is 13.1. The Morgan fingerprint density at radius 1 is 1.41 bits per heavy atom. The fourth-order valence-corrected chi connectivity index (χ4v) is 1.91. The molecule has 3 nitrogen and oxygen atoms in total. The van der Waals surface area contributed by atoms with Gasteiger partial charge in [-0.05, 0) is 39.1 Å². The number of ether oxygens (including phenoxy) is 1. The lowest BCUT2D eigenvalue weighted by Gasteiger charge is -2.31. The quantitative estimate of drug-likeness (QED) is 0.877. The normalized spacial score (nSPS) is 11.4. The van der Waals surface area contributed by atoms with Crippen LogP contribution in [0.3, 0.4) is 0 Å². The van der Waals surface area contributed by atoms with Gasteiger partial charge in [-0.15, -0.1) is 0 Å². The third kappa shape index (κ3) is 3.79. The second-order valence-corrected chi connectivity index (χ2v) is 5.22. The number of nitrogens with one attached hydrogen (secondary N) is 1. The van der Waals surface area contributed by atoms with Crippen molar-refractivity contribution in [3.63, 3.8) is 0 Å². The van der Waals surface area contributed by atoms with Gasteiger partial charge in [-0.2, -0.15) is 0 Å². The zero-order valence-electron chi connectivity index (χ0n) is 11.2. The predicted octanol–water partition coefficient (Wildman–Crippen LogP) is 2.78. The van der Waals surface area contributed by atoms with Crippen LogP contribution in [0.2, 0.25) is 5.02 Å². The Morgan fingerprint density at radius 3 is 2.53 bits per heavy atom. The fraction of sp³-hybridized carbons (Fsp3) is 0.538. The number of rotatable bonds is 5. The van der Waals surface area contributed by atoms with Gasteiger partial charge in [0.25, 0.3) is 0 Å². The number of likely N-dealkylation sites (N-methyl/N-ethyl adjacent to an activating group) is 2. The first-order chi connectivity index (χ1) is 7.89. The lowest BCUT2D eigenvalue weighted by molar-refractivity contribution is 0.414. The molecular formula is C13H21ClN2O. The average Bonchev–Trinajstić information content (AvgIpc) is 2.28. The van der Waals surface area contributed by atoms with Crippen molar-refractivity contribution in [3.8, 4) is 5.75 Å². The SMILES string of the molecule is CNC(C)(C)CN(C)c1ccc(OC)c(Cl)c1. The van der Waals surface area contributed by atoms with E-state index in [1.54, 1.807) is 7.11 Å². The molecule has 0 aliphatic carbocycles. The van der Waals surface area contributed by atoms with Gasteiger partial charge < -0.3 is 15.0 Å². The number of nitrogens with zero attached hydrogens (tertiary/aromatic N) is 1. The molecule has 1 N–H and O–H groups in total. The summed E-state index contributed by atoms with van der Waals surface area (Å²) in [5.74, 6) is 0.705. The van der Waals surface area contributed by atoms with Crippen LogP contribution in [0.15, 0.2) is 18.2 Å². The molecule has 1 rings (SSSR count). The van der Waals surface area contributed by atoms with E-state index in [4.69, 9.17) is 16.3 Å². The lowest BCUT2D eigenvalue weighted by Crippen LogP contribution is -2.46. The number of hydrogen-bond acceptors (Lipinski definition) is 3. The van der Waals surface area contributed by atoms with Gasteiger partial charge in [-0.3, -0.25) is 0 Å². The van der Waals surface area contributed by atoms with Crippen LogP contribution >= 0.6 is 11.6 Å². The largest absolute Gasteiger partial charge is 0.495 e. The van der Waals surface area contributed by atoms with Crippen molar-refractivity contribution in [1.82, 2.24) is 5.32 Å². The highest BCUT2D eigenvalue weighted by molar-refractivity contribution is 6.32. The predicted molar refractivity (Wildman–Crippen MR) is 74.4 cm³/mol. The number of benzene rings is 1. The number of hydrogen-bond donors (Lipinski definition) is 1. The standard InChI is InChI=1S/C13H21ClN2O/c1-13(2,15-3)9-16(4)10-6-7-12(17-5)11(14)8-10/h6-8,15H,9H2,1-5H3. The molecule has 0 heterocycles. The van der Waals surface area contributed by atoms with Gasteiger partial charge in [-0.1, -0.05) is 11.6 Å². The number of anilines is 1. The van der Waals surface area contributed by atoms with Gasteiger partial charge in [0.15, 0.2) is 0 Å². The molecule has 0 atom stereocenters. The molecule has 0 saturated carbocycles. The van der Waals surface area contributed by atoms with E-state index in [9.17, 15) is 0 Å². The summed E-state index contributed by atoms with van der Waals surface area (Å²) in [7, 11) is 5.64. The molecule has 0 bridgehead atoms. The highest BCUT2D eigenvalue weighted by atomic mass is 35.5. The molecule has 0 saturated heterocycles. The van der Waals surface area contributed by atoms with Gasteiger partial charge in [-0.25, -0.2) is 0 Å². The van der Waals surface area contributed by atoms with Crippen LogP contribution in [0.1, 0.15) is 13.8 Å². The molecule has 0 aromatic heterocycles. The Kier molecular flexibility index (Phi) is 4.66. The molecule has 17 heavy (non-hydrogen) atoms. The van der Waals surface area contributed by atoms with Crippen LogP contribution in [0.4, 0.5) is 5.69 Å². The summed E-state index contributed by atoms with van der Waals surface area (Å²) in [6.07, 6.45) is 0. The molecule has 0 radical (unpaired) electrons. The lowest BCUT2D eigenvalue weighted by atomic mass is 10.1. The van der Waals surface area contributed by atoms with E-state index < -0.39 is 0 Å². The molecule has 0 amide bonds. The zero-order valence-corrected chi connectivity index (χ0v) is 11.9. The third-order valence-electron chi connectivity index (χ3n) is 2.89. The second-order valence-electron chi connectivity index (χ2n) is 4.81. The van der Waals surface area contributed by atoms with E-state index >= 15 is 0 Å². The van der Waals surface area contributed by atoms with Crippen LogP contribution in [0.5, 0.6) is 5.75 Å². The summed E-state index contributed by atoms with van der Waals surface area (Å²) < 4.78 is 5.14. The summed E-state index contributed by atoms with van der Waals surface area (Å²) >= 11 is 6.11. The van der Waals surface area contributed by atoms with E-state index in [-0.39, 0.29) is 5.54 Å². The summed E-state index contributed by atoms with van der Waals surface area (Å²) in [6.45, 7) is 5.22. The summed E-state index contributed by atoms with van der Waals surface area (Å²) in [4.78, 5) is 2.17. The topological polar surface area (TPSA) is 24.5 Å². The minimum absolute atomic E-state index is 0.0567.